The molecule has 1 aliphatic heterocycles. The smallest absolute Gasteiger partial charge is 0.269 e. The Hall–Kier alpha value is -4.86. The third-order valence-corrected chi connectivity index (χ3v) is 7.12. The van der Waals surface area contributed by atoms with Gasteiger partial charge in [-0.15, -0.1) is 0 Å². The van der Waals surface area contributed by atoms with Crippen LogP contribution in [0.5, 0.6) is 5.75 Å². The van der Waals surface area contributed by atoms with Gasteiger partial charge in [-0.25, -0.2) is 0 Å². The fourth-order valence-corrected chi connectivity index (χ4v) is 4.88. The van der Waals surface area contributed by atoms with Gasteiger partial charge in [0.15, 0.2) is 0 Å². The first-order chi connectivity index (χ1) is 19.8. The number of amides is 2. The Morgan fingerprint density at radius 3 is 2.20 bits per heavy atom. The molecule has 0 aromatic heterocycles. The van der Waals surface area contributed by atoms with E-state index in [1.54, 1.807) is 42.4 Å². The molecular formula is C31H35N5O5. The van der Waals surface area contributed by atoms with E-state index in [2.05, 4.69) is 21.2 Å². The van der Waals surface area contributed by atoms with Crippen LogP contribution in [0.4, 0.5) is 22.7 Å². The molecule has 4 rings (SSSR count). The maximum absolute atomic E-state index is 13.6. The van der Waals surface area contributed by atoms with Crippen LogP contribution in [0.1, 0.15) is 29.8 Å². The zero-order valence-corrected chi connectivity index (χ0v) is 23.6. The maximum atomic E-state index is 13.6. The van der Waals surface area contributed by atoms with Gasteiger partial charge in [-0.3, -0.25) is 19.7 Å². The van der Waals surface area contributed by atoms with Crippen molar-refractivity contribution in [3.63, 3.8) is 0 Å². The third-order valence-electron chi connectivity index (χ3n) is 7.12. The Morgan fingerprint density at radius 2 is 1.59 bits per heavy atom. The summed E-state index contributed by atoms with van der Waals surface area (Å²) in [6.45, 7) is 8.02. The predicted molar refractivity (Wildman–Crippen MR) is 162 cm³/mol. The molecule has 0 saturated carbocycles. The number of ether oxygens (including phenoxy) is 1. The Balaban J connectivity index is 1.51. The molecule has 1 heterocycles. The Labute approximate surface area is 240 Å². The van der Waals surface area contributed by atoms with E-state index in [4.69, 9.17) is 4.74 Å². The van der Waals surface area contributed by atoms with Crippen molar-refractivity contribution in [1.82, 2.24) is 4.90 Å². The number of rotatable bonds is 10. The first-order valence-electron chi connectivity index (χ1n) is 13.6. The van der Waals surface area contributed by atoms with Crippen molar-refractivity contribution >= 4 is 40.6 Å². The molecule has 0 atom stereocenters. The highest BCUT2D eigenvalue weighted by atomic mass is 16.6. The lowest BCUT2D eigenvalue weighted by atomic mass is 10.1. The number of nitro benzene ring substituents is 1. The van der Waals surface area contributed by atoms with Crippen LogP contribution in [0.3, 0.4) is 0 Å². The molecule has 3 aromatic carbocycles. The number of methoxy groups -OCH3 is 1. The van der Waals surface area contributed by atoms with Crippen LogP contribution < -0.4 is 19.9 Å². The molecule has 0 unspecified atom stereocenters. The molecular weight excluding hydrogens is 522 g/mol. The van der Waals surface area contributed by atoms with Gasteiger partial charge in [0.05, 0.1) is 23.3 Å². The van der Waals surface area contributed by atoms with E-state index in [0.29, 0.717) is 29.9 Å². The zero-order valence-electron chi connectivity index (χ0n) is 23.6. The van der Waals surface area contributed by atoms with E-state index in [1.807, 2.05) is 38.1 Å². The van der Waals surface area contributed by atoms with Gasteiger partial charge >= 0.3 is 0 Å². The molecule has 1 aliphatic rings. The summed E-state index contributed by atoms with van der Waals surface area (Å²) in [5.41, 5.74) is 3.57. The SMILES string of the molecule is CCN(CC)C(=O)c1cc(NC(=O)C=Cc2ccc([N+](=O)[O-])cc2)ccc1N1CCN(c2ccccc2OC)CC1. The third kappa shape index (κ3) is 7.02. The fourth-order valence-electron chi connectivity index (χ4n) is 4.88. The van der Waals surface area contributed by atoms with Crippen molar-refractivity contribution in [3.8, 4) is 5.75 Å². The number of nitrogens with zero attached hydrogens (tertiary/aromatic N) is 4. The van der Waals surface area contributed by atoms with Gasteiger partial charge in [-0.05, 0) is 68.0 Å². The van der Waals surface area contributed by atoms with Gasteiger partial charge in [0.25, 0.3) is 11.6 Å². The van der Waals surface area contributed by atoms with E-state index in [-0.39, 0.29) is 17.5 Å². The summed E-state index contributed by atoms with van der Waals surface area (Å²) in [4.78, 5) is 42.9. The van der Waals surface area contributed by atoms with E-state index in [0.717, 1.165) is 43.3 Å². The molecule has 0 aliphatic carbocycles. The Kier molecular flexibility index (Phi) is 9.57. The van der Waals surface area contributed by atoms with Crippen molar-refractivity contribution in [2.75, 3.05) is 61.5 Å². The molecule has 0 spiro atoms. The Morgan fingerprint density at radius 1 is 0.951 bits per heavy atom. The van der Waals surface area contributed by atoms with Gasteiger partial charge in [-0.1, -0.05) is 12.1 Å². The fraction of sp³-hybridized carbons (Fsp3) is 0.290. The summed E-state index contributed by atoms with van der Waals surface area (Å²) < 4.78 is 5.54. The average Bonchev–Trinajstić information content (AvgIpc) is 3.01. The summed E-state index contributed by atoms with van der Waals surface area (Å²) in [5.74, 6) is 0.374. The number of anilines is 3. The number of non-ortho nitro benzene ring substituents is 1. The van der Waals surface area contributed by atoms with E-state index in [9.17, 15) is 19.7 Å². The monoisotopic (exact) mass is 557 g/mol. The molecule has 10 heteroatoms. The number of piperazine rings is 1. The normalized spacial score (nSPS) is 13.2. The van der Waals surface area contributed by atoms with Gasteiger partial charge < -0.3 is 24.8 Å². The molecule has 0 radical (unpaired) electrons. The largest absolute Gasteiger partial charge is 0.495 e. The van der Waals surface area contributed by atoms with Gasteiger partial charge in [-0.2, -0.15) is 0 Å². The number of nitro groups is 1. The molecule has 1 N–H and O–H groups in total. The topological polar surface area (TPSA) is 108 Å². The lowest BCUT2D eigenvalue weighted by Crippen LogP contribution is -2.47. The number of benzene rings is 3. The lowest BCUT2D eigenvalue weighted by Gasteiger charge is -2.38. The maximum Gasteiger partial charge on any atom is 0.269 e. The van der Waals surface area contributed by atoms with Crippen molar-refractivity contribution in [2.24, 2.45) is 0 Å². The minimum absolute atomic E-state index is 0.0155. The number of para-hydroxylation sites is 2. The number of nitrogens with one attached hydrogen (secondary N) is 1. The number of carbonyl (C=O) groups excluding carboxylic acids is 2. The number of carbonyl (C=O) groups is 2. The lowest BCUT2D eigenvalue weighted by molar-refractivity contribution is -0.384. The minimum atomic E-state index is -0.471. The molecule has 0 bridgehead atoms. The van der Waals surface area contributed by atoms with Crippen molar-refractivity contribution in [3.05, 3.63) is 94.0 Å². The number of hydrogen-bond acceptors (Lipinski definition) is 7. The second-order valence-corrected chi connectivity index (χ2v) is 9.53. The number of hydrogen-bond donors (Lipinski definition) is 1. The molecule has 1 fully saturated rings. The van der Waals surface area contributed by atoms with Crippen molar-refractivity contribution < 1.29 is 19.2 Å². The van der Waals surface area contributed by atoms with Crippen molar-refractivity contribution in [2.45, 2.75) is 13.8 Å². The van der Waals surface area contributed by atoms with Crippen LogP contribution >= 0.6 is 0 Å². The summed E-state index contributed by atoms with van der Waals surface area (Å²) in [5, 5.41) is 13.7. The summed E-state index contributed by atoms with van der Waals surface area (Å²) >= 11 is 0. The highest BCUT2D eigenvalue weighted by molar-refractivity contribution is 6.05. The molecule has 1 saturated heterocycles. The minimum Gasteiger partial charge on any atom is -0.495 e. The van der Waals surface area contributed by atoms with Crippen LogP contribution in [0.15, 0.2) is 72.8 Å². The van der Waals surface area contributed by atoms with Gasteiger partial charge in [0.2, 0.25) is 5.91 Å². The molecule has 2 amide bonds. The second kappa shape index (κ2) is 13.5. The first-order valence-corrected chi connectivity index (χ1v) is 13.6. The van der Waals surface area contributed by atoms with Crippen LogP contribution in [-0.4, -0.2) is 68.0 Å². The molecule has 10 nitrogen and oxygen atoms in total. The van der Waals surface area contributed by atoms with E-state index < -0.39 is 4.92 Å². The highest BCUT2D eigenvalue weighted by Crippen LogP contribution is 2.31. The zero-order chi connectivity index (χ0) is 29.4. The highest BCUT2D eigenvalue weighted by Gasteiger charge is 2.25. The quantitative estimate of drug-likeness (QED) is 0.211. The predicted octanol–water partition coefficient (Wildman–Crippen LogP) is 5.06. The molecule has 214 valence electrons. The van der Waals surface area contributed by atoms with Crippen LogP contribution in [-0.2, 0) is 4.79 Å². The summed E-state index contributed by atoms with van der Waals surface area (Å²) in [6, 6.07) is 19.3. The molecule has 3 aromatic rings. The first kappa shape index (κ1) is 29.1. The van der Waals surface area contributed by atoms with E-state index >= 15 is 0 Å². The van der Waals surface area contributed by atoms with Crippen molar-refractivity contribution in [1.29, 1.82) is 0 Å². The standard InChI is InChI=1S/C31H35N5O5/c1-4-33(5-2)31(38)26-22-24(32-30(37)17-12-23-10-14-25(15-11-23)36(39)40)13-16-27(26)34-18-20-35(21-19-34)28-8-6-7-9-29(28)41-3/h6-17,22H,4-5,18-21H2,1-3H3,(H,32,37). The van der Waals surface area contributed by atoms with Gasteiger partial charge in [0.1, 0.15) is 5.75 Å². The van der Waals surface area contributed by atoms with E-state index in [1.165, 1.54) is 18.2 Å². The van der Waals surface area contributed by atoms with Crippen LogP contribution in [0.2, 0.25) is 0 Å². The average molecular weight is 558 g/mol. The summed E-state index contributed by atoms with van der Waals surface area (Å²) in [7, 11) is 1.67. The van der Waals surface area contributed by atoms with Gasteiger partial charge in [0, 0.05) is 68.9 Å². The van der Waals surface area contributed by atoms with Crippen LogP contribution in [0.25, 0.3) is 6.08 Å². The second-order valence-electron chi connectivity index (χ2n) is 9.53. The van der Waals surface area contributed by atoms with Crippen LogP contribution in [0, 0.1) is 10.1 Å². The summed E-state index contributed by atoms with van der Waals surface area (Å²) in [6.07, 6.45) is 2.94. The Bertz CT molecular complexity index is 1410. The molecule has 41 heavy (non-hydrogen) atoms.